The molecule has 1 heterocycles. The van der Waals surface area contributed by atoms with Crippen molar-refractivity contribution in [2.75, 3.05) is 20.3 Å². The average Bonchev–Trinajstić information content (AvgIpc) is 2.64. The molecule has 148 valence electrons. The van der Waals surface area contributed by atoms with Gasteiger partial charge in [-0.05, 0) is 49.9 Å². The van der Waals surface area contributed by atoms with Crippen LogP contribution in [-0.4, -0.2) is 49.0 Å². The fourth-order valence-corrected chi connectivity index (χ4v) is 3.35. The summed E-state index contributed by atoms with van der Waals surface area (Å²) in [4.78, 5) is 37.4. The minimum Gasteiger partial charge on any atom is -0.466 e. The summed E-state index contributed by atoms with van der Waals surface area (Å²) in [6.45, 7) is 2.07. The maximum Gasteiger partial charge on any atom is 0.409 e. The van der Waals surface area contributed by atoms with Gasteiger partial charge in [-0.15, -0.1) is 0 Å². The molecule has 27 heavy (non-hydrogen) atoms. The van der Waals surface area contributed by atoms with E-state index in [4.69, 9.17) is 9.47 Å². The van der Waals surface area contributed by atoms with Crippen LogP contribution in [0.3, 0.4) is 0 Å². The second-order valence-electron chi connectivity index (χ2n) is 6.43. The summed E-state index contributed by atoms with van der Waals surface area (Å²) < 4.78 is 37.0. The van der Waals surface area contributed by atoms with Crippen molar-refractivity contribution in [3.8, 4) is 0 Å². The first-order chi connectivity index (χ1) is 12.8. The van der Waals surface area contributed by atoms with Crippen molar-refractivity contribution in [2.24, 2.45) is 5.92 Å². The summed E-state index contributed by atoms with van der Waals surface area (Å²) in [7, 11) is 1.24. The number of nitrogens with zero attached hydrogens (tertiary/aromatic N) is 1. The summed E-state index contributed by atoms with van der Waals surface area (Å²) in [5.74, 6) is -2.49. The van der Waals surface area contributed by atoms with Gasteiger partial charge in [0.15, 0.2) is 0 Å². The lowest BCUT2D eigenvalue weighted by molar-refractivity contribution is -0.146. The van der Waals surface area contributed by atoms with E-state index >= 15 is 0 Å². The van der Waals surface area contributed by atoms with E-state index in [9.17, 15) is 23.2 Å². The molecule has 1 amide bonds. The number of piperidine rings is 1. The number of hydrogen-bond donors (Lipinski definition) is 0. The van der Waals surface area contributed by atoms with E-state index in [0.717, 1.165) is 18.2 Å². The lowest BCUT2D eigenvalue weighted by Crippen LogP contribution is -2.48. The van der Waals surface area contributed by atoms with Gasteiger partial charge in [0.25, 0.3) is 0 Å². The largest absolute Gasteiger partial charge is 0.466 e. The predicted molar refractivity (Wildman–Crippen MR) is 91.9 cm³/mol. The highest BCUT2D eigenvalue weighted by atomic mass is 19.1. The summed E-state index contributed by atoms with van der Waals surface area (Å²) in [5, 5.41) is 0. The fourth-order valence-electron chi connectivity index (χ4n) is 3.35. The number of likely N-dealkylation sites (tertiary alicyclic amines) is 1. The molecule has 0 unspecified atom stereocenters. The van der Waals surface area contributed by atoms with Crippen LogP contribution in [0.4, 0.5) is 13.6 Å². The van der Waals surface area contributed by atoms with Crippen molar-refractivity contribution in [3.05, 3.63) is 35.4 Å². The maximum absolute atomic E-state index is 14.0. The van der Waals surface area contributed by atoms with Gasteiger partial charge in [0.1, 0.15) is 23.8 Å². The van der Waals surface area contributed by atoms with E-state index in [0.29, 0.717) is 6.42 Å². The summed E-state index contributed by atoms with van der Waals surface area (Å²) in [6, 6.07) is 2.58. The number of carbonyl (C=O) groups is 3. The zero-order chi connectivity index (χ0) is 20.0. The molecule has 2 atom stereocenters. The van der Waals surface area contributed by atoms with Gasteiger partial charge in [-0.3, -0.25) is 9.59 Å². The molecule has 1 aliphatic heterocycles. The molecule has 1 fully saturated rings. The molecule has 0 radical (unpaired) electrons. The van der Waals surface area contributed by atoms with Gasteiger partial charge in [0, 0.05) is 18.5 Å². The van der Waals surface area contributed by atoms with Crippen LogP contribution in [0, 0.1) is 17.6 Å². The second kappa shape index (κ2) is 9.43. The van der Waals surface area contributed by atoms with Crippen molar-refractivity contribution < 1.29 is 32.6 Å². The zero-order valence-electron chi connectivity index (χ0n) is 15.4. The molecule has 6 nitrogen and oxygen atoms in total. The Morgan fingerprint density at radius 2 is 2.00 bits per heavy atom. The number of carbonyl (C=O) groups excluding carboxylic acids is 3. The Labute approximate surface area is 156 Å². The third-order valence-electron chi connectivity index (χ3n) is 4.67. The van der Waals surface area contributed by atoms with Gasteiger partial charge in [-0.25, -0.2) is 13.6 Å². The maximum atomic E-state index is 14.0. The quantitative estimate of drug-likeness (QED) is 0.558. The molecule has 1 saturated heterocycles. The van der Waals surface area contributed by atoms with Crippen molar-refractivity contribution in [1.82, 2.24) is 4.90 Å². The van der Waals surface area contributed by atoms with Crippen LogP contribution in [0.15, 0.2) is 18.2 Å². The fraction of sp³-hybridized carbons (Fsp3) is 0.526. The SMILES string of the molecule is CCOC(=O)CC(=O)[C@H]1CCN(C(=O)OC)[C@@H](Cc2cc(F)ccc2F)C1. The van der Waals surface area contributed by atoms with Crippen LogP contribution >= 0.6 is 0 Å². The Bertz CT molecular complexity index is 709. The molecule has 0 bridgehead atoms. The van der Waals surface area contributed by atoms with Gasteiger partial charge >= 0.3 is 12.1 Å². The average molecular weight is 383 g/mol. The Hall–Kier alpha value is -2.51. The standard InChI is InChI=1S/C19H23F2NO5/c1-3-27-18(24)11-17(23)12-6-7-22(19(25)26-2)15(9-12)10-13-8-14(20)4-5-16(13)21/h4-5,8,12,15H,3,6-7,9-11H2,1-2H3/t12-,15+/m0/s1. The second-order valence-corrected chi connectivity index (χ2v) is 6.43. The van der Waals surface area contributed by atoms with E-state index < -0.39 is 35.7 Å². The zero-order valence-corrected chi connectivity index (χ0v) is 15.4. The van der Waals surface area contributed by atoms with Gasteiger partial charge in [-0.2, -0.15) is 0 Å². The number of benzene rings is 1. The van der Waals surface area contributed by atoms with E-state index in [2.05, 4.69) is 0 Å². The van der Waals surface area contributed by atoms with Crippen LogP contribution < -0.4 is 0 Å². The predicted octanol–water partition coefficient (Wildman–Crippen LogP) is 2.88. The number of ketones is 1. The number of Topliss-reactive ketones (excluding diaryl/α,β-unsaturated/α-hetero) is 1. The number of ether oxygens (including phenoxy) is 2. The third kappa shape index (κ3) is 5.48. The molecule has 8 heteroatoms. The van der Waals surface area contributed by atoms with Crippen molar-refractivity contribution in [1.29, 1.82) is 0 Å². The smallest absolute Gasteiger partial charge is 0.409 e. The van der Waals surface area contributed by atoms with Crippen LogP contribution in [-0.2, 0) is 25.5 Å². The van der Waals surface area contributed by atoms with E-state index in [1.54, 1.807) is 6.92 Å². The molecule has 0 spiro atoms. The van der Waals surface area contributed by atoms with Crippen LogP contribution in [0.5, 0.6) is 0 Å². The van der Waals surface area contributed by atoms with Crippen LogP contribution in [0.1, 0.15) is 31.7 Å². The minimum absolute atomic E-state index is 0.0435. The first-order valence-electron chi connectivity index (χ1n) is 8.82. The van der Waals surface area contributed by atoms with Crippen LogP contribution in [0.25, 0.3) is 0 Å². The Morgan fingerprint density at radius 1 is 1.26 bits per heavy atom. The number of hydrogen-bond acceptors (Lipinski definition) is 5. The molecule has 1 aliphatic rings. The van der Waals surface area contributed by atoms with Crippen molar-refractivity contribution in [2.45, 2.75) is 38.6 Å². The molecular formula is C19H23F2NO5. The molecular weight excluding hydrogens is 360 g/mol. The molecule has 1 aromatic rings. The highest BCUT2D eigenvalue weighted by Crippen LogP contribution is 2.28. The van der Waals surface area contributed by atoms with Gasteiger partial charge < -0.3 is 14.4 Å². The van der Waals surface area contributed by atoms with Crippen LogP contribution in [0.2, 0.25) is 0 Å². The number of rotatable bonds is 6. The number of amides is 1. The van der Waals surface area contributed by atoms with Gasteiger partial charge in [0.2, 0.25) is 0 Å². The minimum atomic E-state index is -0.592. The molecule has 0 aliphatic carbocycles. The van der Waals surface area contributed by atoms with E-state index in [1.807, 2.05) is 0 Å². The van der Waals surface area contributed by atoms with Crippen molar-refractivity contribution in [3.63, 3.8) is 0 Å². The Kier molecular flexibility index (Phi) is 7.27. The summed E-state index contributed by atoms with van der Waals surface area (Å²) in [5.41, 5.74) is 0.118. The first kappa shape index (κ1) is 20.8. The van der Waals surface area contributed by atoms with E-state index in [-0.39, 0.29) is 43.8 Å². The lowest BCUT2D eigenvalue weighted by Gasteiger charge is -2.38. The van der Waals surface area contributed by atoms with E-state index in [1.165, 1.54) is 12.0 Å². The Morgan fingerprint density at radius 3 is 2.67 bits per heavy atom. The van der Waals surface area contributed by atoms with Gasteiger partial charge in [-0.1, -0.05) is 0 Å². The highest BCUT2D eigenvalue weighted by molar-refractivity contribution is 5.96. The van der Waals surface area contributed by atoms with Crippen molar-refractivity contribution >= 4 is 17.8 Å². The molecule has 0 saturated carbocycles. The third-order valence-corrected chi connectivity index (χ3v) is 4.67. The molecule has 0 N–H and O–H groups in total. The first-order valence-corrected chi connectivity index (χ1v) is 8.82. The normalized spacial score (nSPS) is 19.5. The Balaban J connectivity index is 2.15. The number of methoxy groups -OCH3 is 1. The summed E-state index contributed by atoms with van der Waals surface area (Å²) >= 11 is 0. The highest BCUT2D eigenvalue weighted by Gasteiger charge is 2.36. The van der Waals surface area contributed by atoms with Gasteiger partial charge in [0.05, 0.1) is 13.7 Å². The molecule has 1 aromatic carbocycles. The molecule has 0 aromatic heterocycles. The topological polar surface area (TPSA) is 72.9 Å². The number of halogens is 2. The monoisotopic (exact) mass is 383 g/mol. The lowest BCUT2D eigenvalue weighted by atomic mass is 9.84. The summed E-state index contributed by atoms with van der Waals surface area (Å²) in [6.07, 6.45) is -0.272. The molecule has 2 rings (SSSR count). The number of esters is 1.